The molecule has 4 rings (SSSR count). The standard InChI is InChI=1S/C20H21FN4/c1-2-16-13-25(12-11-22-16)20-18-6-4-3-5-17(18)19(23-24-20)14-7-9-15(21)10-8-14/h3-10,16,22H,2,11-13H2,1H3/t16-/m0/s1. The molecule has 1 aliphatic rings. The number of hydrogen-bond donors (Lipinski definition) is 1. The van der Waals surface area contributed by atoms with Gasteiger partial charge in [0.1, 0.15) is 11.5 Å². The summed E-state index contributed by atoms with van der Waals surface area (Å²) in [4.78, 5) is 2.31. The van der Waals surface area contributed by atoms with Crippen molar-refractivity contribution < 1.29 is 4.39 Å². The van der Waals surface area contributed by atoms with Gasteiger partial charge in [0.15, 0.2) is 5.82 Å². The zero-order valence-corrected chi connectivity index (χ0v) is 14.2. The third-order valence-corrected chi connectivity index (χ3v) is 4.83. The van der Waals surface area contributed by atoms with Crippen molar-refractivity contribution in [3.63, 3.8) is 0 Å². The predicted octanol–water partition coefficient (Wildman–Crippen LogP) is 3.62. The summed E-state index contributed by atoms with van der Waals surface area (Å²) >= 11 is 0. The van der Waals surface area contributed by atoms with Crippen LogP contribution in [-0.4, -0.2) is 35.9 Å². The molecule has 1 N–H and O–H groups in total. The van der Waals surface area contributed by atoms with Crippen molar-refractivity contribution in [1.29, 1.82) is 0 Å². The molecule has 2 heterocycles. The van der Waals surface area contributed by atoms with Gasteiger partial charge in [-0.25, -0.2) is 4.39 Å². The Morgan fingerprint density at radius 1 is 1.08 bits per heavy atom. The Hall–Kier alpha value is -2.53. The second-order valence-corrected chi connectivity index (χ2v) is 6.43. The van der Waals surface area contributed by atoms with E-state index in [1.165, 1.54) is 12.1 Å². The topological polar surface area (TPSA) is 41.1 Å². The smallest absolute Gasteiger partial charge is 0.159 e. The lowest BCUT2D eigenvalue weighted by atomic mass is 10.0. The number of rotatable bonds is 3. The SMILES string of the molecule is CC[C@H]1CN(c2nnc(-c3ccc(F)cc3)c3ccccc23)CCN1. The second-order valence-electron chi connectivity index (χ2n) is 6.43. The van der Waals surface area contributed by atoms with Gasteiger partial charge in [0, 0.05) is 42.0 Å². The second kappa shape index (κ2) is 6.76. The van der Waals surface area contributed by atoms with Crippen molar-refractivity contribution in [2.24, 2.45) is 0 Å². The van der Waals surface area contributed by atoms with Gasteiger partial charge in [0.05, 0.1) is 0 Å². The molecule has 1 fully saturated rings. The molecule has 1 saturated heterocycles. The highest BCUT2D eigenvalue weighted by Gasteiger charge is 2.22. The summed E-state index contributed by atoms with van der Waals surface area (Å²) in [7, 11) is 0. The normalized spacial score (nSPS) is 17.8. The number of nitrogens with one attached hydrogen (secondary N) is 1. The lowest BCUT2D eigenvalue weighted by Gasteiger charge is -2.34. The molecule has 1 aliphatic heterocycles. The number of aromatic nitrogens is 2. The van der Waals surface area contributed by atoms with Crippen LogP contribution in [0.1, 0.15) is 13.3 Å². The van der Waals surface area contributed by atoms with Gasteiger partial charge >= 0.3 is 0 Å². The van der Waals surface area contributed by atoms with Crippen LogP contribution < -0.4 is 10.2 Å². The highest BCUT2D eigenvalue weighted by atomic mass is 19.1. The zero-order chi connectivity index (χ0) is 17.2. The van der Waals surface area contributed by atoms with Gasteiger partial charge in [0.25, 0.3) is 0 Å². The molecule has 0 saturated carbocycles. The summed E-state index contributed by atoms with van der Waals surface area (Å²) in [5.41, 5.74) is 1.67. The molecular formula is C20H21FN4. The van der Waals surface area contributed by atoms with Crippen molar-refractivity contribution in [1.82, 2.24) is 15.5 Å². The summed E-state index contributed by atoms with van der Waals surface area (Å²) in [6, 6.07) is 15.1. The molecule has 4 nitrogen and oxygen atoms in total. The third-order valence-electron chi connectivity index (χ3n) is 4.83. The molecule has 0 aliphatic carbocycles. The van der Waals surface area contributed by atoms with E-state index in [4.69, 9.17) is 0 Å². The molecule has 0 radical (unpaired) electrons. The van der Waals surface area contributed by atoms with Crippen molar-refractivity contribution in [2.75, 3.05) is 24.5 Å². The predicted molar refractivity (Wildman–Crippen MR) is 99.2 cm³/mol. The fourth-order valence-corrected chi connectivity index (χ4v) is 3.44. The van der Waals surface area contributed by atoms with E-state index in [0.717, 1.165) is 53.9 Å². The van der Waals surface area contributed by atoms with Crippen LogP contribution in [0.4, 0.5) is 10.2 Å². The van der Waals surface area contributed by atoms with E-state index in [2.05, 4.69) is 39.5 Å². The van der Waals surface area contributed by atoms with Crippen LogP contribution in [0.2, 0.25) is 0 Å². The fourth-order valence-electron chi connectivity index (χ4n) is 3.44. The average molecular weight is 336 g/mol. The van der Waals surface area contributed by atoms with Gasteiger partial charge in [0.2, 0.25) is 0 Å². The van der Waals surface area contributed by atoms with Gasteiger partial charge in [-0.05, 0) is 30.7 Å². The van der Waals surface area contributed by atoms with Gasteiger partial charge < -0.3 is 10.2 Å². The first kappa shape index (κ1) is 16.0. The number of nitrogens with zero attached hydrogens (tertiary/aromatic N) is 3. The average Bonchev–Trinajstić information content (AvgIpc) is 2.68. The molecule has 0 amide bonds. The summed E-state index contributed by atoms with van der Waals surface area (Å²) in [5, 5.41) is 14.7. The van der Waals surface area contributed by atoms with Crippen molar-refractivity contribution in [3.05, 3.63) is 54.3 Å². The number of fused-ring (bicyclic) bond motifs is 1. The van der Waals surface area contributed by atoms with Crippen molar-refractivity contribution >= 4 is 16.6 Å². The number of piperazine rings is 1. The molecule has 0 spiro atoms. The van der Waals surface area contributed by atoms with E-state index >= 15 is 0 Å². The maximum absolute atomic E-state index is 13.2. The van der Waals surface area contributed by atoms with E-state index in [9.17, 15) is 4.39 Å². The minimum absolute atomic E-state index is 0.246. The van der Waals surface area contributed by atoms with Crippen LogP contribution in [0.15, 0.2) is 48.5 Å². The number of benzene rings is 2. The Kier molecular flexibility index (Phi) is 4.32. The summed E-state index contributed by atoms with van der Waals surface area (Å²) in [6.45, 7) is 5.01. The lowest BCUT2D eigenvalue weighted by Crippen LogP contribution is -2.50. The van der Waals surface area contributed by atoms with Crippen LogP contribution in [0.3, 0.4) is 0 Å². The lowest BCUT2D eigenvalue weighted by molar-refractivity contribution is 0.445. The molecule has 2 aromatic carbocycles. The van der Waals surface area contributed by atoms with E-state index < -0.39 is 0 Å². The molecular weight excluding hydrogens is 315 g/mol. The molecule has 0 bridgehead atoms. The molecule has 3 aromatic rings. The molecule has 25 heavy (non-hydrogen) atoms. The number of halogens is 1. The first-order valence-electron chi connectivity index (χ1n) is 8.76. The van der Waals surface area contributed by atoms with Crippen LogP contribution in [0, 0.1) is 5.82 Å². The van der Waals surface area contributed by atoms with Gasteiger partial charge in [-0.1, -0.05) is 31.2 Å². The van der Waals surface area contributed by atoms with Crippen molar-refractivity contribution in [3.8, 4) is 11.3 Å². The maximum atomic E-state index is 13.2. The molecule has 1 atom stereocenters. The zero-order valence-electron chi connectivity index (χ0n) is 14.2. The first-order valence-corrected chi connectivity index (χ1v) is 8.76. The third kappa shape index (κ3) is 3.07. The first-order chi connectivity index (χ1) is 12.3. The molecule has 1 aromatic heterocycles. The highest BCUT2D eigenvalue weighted by Crippen LogP contribution is 2.31. The Morgan fingerprint density at radius 2 is 1.84 bits per heavy atom. The Bertz CT molecular complexity index is 879. The Balaban J connectivity index is 1.80. The maximum Gasteiger partial charge on any atom is 0.159 e. The van der Waals surface area contributed by atoms with E-state index in [1.54, 1.807) is 12.1 Å². The largest absolute Gasteiger partial charge is 0.352 e. The number of hydrogen-bond acceptors (Lipinski definition) is 4. The minimum atomic E-state index is -0.246. The monoisotopic (exact) mass is 336 g/mol. The van der Waals surface area contributed by atoms with E-state index in [1.807, 2.05) is 12.1 Å². The van der Waals surface area contributed by atoms with Crippen LogP contribution in [-0.2, 0) is 0 Å². The molecule has 5 heteroatoms. The Labute approximate surface area is 146 Å². The van der Waals surface area contributed by atoms with Gasteiger partial charge in [-0.15, -0.1) is 10.2 Å². The van der Waals surface area contributed by atoms with E-state index in [-0.39, 0.29) is 5.82 Å². The highest BCUT2D eigenvalue weighted by molar-refractivity contribution is 6.00. The van der Waals surface area contributed by atoms with Crippen molar-refractivity contribution in [2.45, 2.75) is 19.4 Å². The van der Waals surface area contributed by atoms with Crippen LogP contribution in [0.25, 0.3) is 22.0 Å². The summed E-state index contributed by atoms with van der Waals surface area (Å²) in [6.07, 6.45) is 1.09. The minimum Gasteiger partial charge on any atom is -0.352 e. The van der Waals surface area contributed by atoms with Gasteiger partial charge in [-0.2, -0.15) is 0 Å². The van der Waals surface area contributed by atoms with Crippen LogP contribution >= 0.6 is 0 Å². The molecule has 128 valence electrons. The number of anilines is 1. The van der Waals surface area contributed by atoms with E-state index in [0.29, 0.717) is 6.04 Å². The fraction of sp³-hybridized carbons (Fsp3) is 0.300. The van der Waals surface area contributed by atoms with Gasteiger partial charge in [-0.3, -0.25) is 0 Å². The quantitative estimate of drug-likeness (QED) is 0.793. The summed E-state index contributed by atoms with van der Waals surface area (Å²) < 4.78 is 13.2. The summed E-state index contributed by atoms with van der Waals surface area (Å²) in [5.74, 6) is 0.686. The molecule has 0 unspecified atom stereocenters. The van der Waals surface area contributed by atoms with Crippen LogP contribution in [0.5, 0.6) is 0 Å². The Morgan fingerprint density at radius 3 is 2.60 bits per heavy atom.